The maximum absolute atomic E-state index is 10.9. The van der Waals surface area contributed by atoms with Gasteiger partial charge in [-0.1, -0.05) is 37.1 Å². The second-order valence-electron chi connectivity index (χ2n) is 4.74. The summed E-state index contributed by atoms with van der Waals surface area (Å²) < 4.78 is 0. The molecular weight excluding hydrogens is 212 g/mol. The SMILES string of the molecule is C/C(=C\c1ccccc1C1CCCC1)C(=O)O. The van der Waals surface area contributed by atoms with Gasteiger partial charge in [-0.05, 0) is 42.9 Å². The molecule has 1 aromatic rings. The highest BCUT2D eigenvalue weighted by molar-refractivity contribution is 5.91. The van der Waals surface area contributed by atoms with Crippen LogP contribution in [0.2, 0.25) is 0 Å². The number of carbonyl (C=O) groups is 1. The van der Waals surface area contributed by atoms with E-state index in [1.807, 2.05) is 18.2 Å². The van der Waals surface area contributed by atoms with Crippen LogP contribution in [0.4, 0.5) is 0 Å². The quantitative estimate of drug-likeness (QED) is 0.801. The molecule has 0 heterocycles. The van der Waals surface area contributed by atoms with E-state index in [1.54, 1.807) is 13.0 Å². The van der Waals surface area contributed by atoms with Crippen molar-refractivity contribution in [2.75, 3.05) is 0 Å². The second-order valence-corrected chi connectivity index (χ2v) is 4.74. The van der Waals surface area contributed by atoms with Crippen LogP contribution in [0.25, 0.3) is 6.08 Å². The molecule has 0 atom stereocenters. The topological polar surface area (TPSA) is 37.3 Å². The van der Waals surface area contributed by atoms with E-state index in [2.05, 4.69) is 6.07 Å². The van der Waals surface area contributed by atoms with Gasteiger partial charge in [0, 0.05) is 5.57 Å². The van der Waals surface area contributed by atoms with E-state index in [1.165, 1.54) is 31.2 Å². The Kier molecular flexibility index (Phi) is 3.62. The number of aliphatic carboxylic acids is 1. The average Bonchev–Trinajstić information content (AvgIpc) is 2.83. The Morgan fingerprint density at radius 2 is 1.94 bits per heavy atom. The van der Waals surface area contributed by atoms with Crippen molar-refractivity contribution in [1.82, 2.24) is 0 Å². The van der Waals surface area contributed by atoms with Crippen LogP contribution in [0, 0.1) is 0 Å². The van der Waals surface area contributed by atoms with Gasteiger partial charge < -0.3 is 5.11 Å². The Bertz CT molecular complexity index is 440. The van der Waals surface area contributed by atoms with Gasteiger partial charge in [-0.2, -0.15) is 0 Å². The molecule has 1 fully saturated rings. The minimum absolute atomic E-state index is 0.399. The average molecular weight is 230 g/mol. The lowest BCUT2D eigenvalue weighted by atomic mass is 9.92. The molecule has 0 amide bonds. The molecule has 90 valence electrons. The van der Waals surface area contributed by atoms with Gasteiger partial charge in [0.15, 0.2) is 0 Å². The summed E-state index contributed by atoms with van der Waals surface area (Å²) in [6.07, 6.45) is 6.84. The zero-order valence-electron chi connectivity index (χ0n) is 10.1. The van der Waals surface area contributed by atoms with Crippen LogP contribution in [0.3, 0.4) is 0 Å². The molecule has 1 aromatic carbocycles. The molecule has 2 nitrogen and oxygen atoms in total. The largest absolute Gasteiger partial charge is 0.478 e. The summed E-state index contributed by atoms with van der Waals surface area (Å²) >= 11 is 0. The predicted octanol–water partition coefficient (Wildman–Crippen LogP) is 3.83. The smallest absolute Gasteiger partial charge is 0.331 e. The van der Waals surface area contributed by atoms with E-state index in [4.69, 9.17) is 5.11 Å². The number of hydrogen-bond donors (Lipinski definition) is 1. The first-order valence-electron chi connectivity index (χ1n) is 6.19. The third kappa shape index (κ3) is 2.76. The Morgan fingerprint density at radius 1 is 1.29 bits per heavy atom. The maximum Gasteiger partial charge on any atom is 0.331 e. The molecule has 2 rings (SSSR count). The van der Waals surface area contributed by atoms with Crippen molar-refractivity contribution in [3.05, 3.63) is 41.0 Å². The standard InChI is InChI=1S/C15H18O2/c1-11(15(16)17)10-13-8-4-5-9-14(13)12-6-2-3-7-12/h4-5,8-10,12H,2-3,6-7H2,1H3,(H,16,17)/b11-10+. The van der Waals surface area contributed by atoms with Gasteiger partial charge in [0.25, 0.3) is 0 Å². The molecule has 0 unspecified atom stereocenters. The Hall–Kier alpha value is -1.57. The number of carboxylic acid groups (broad SMARTS) is 1. The molecule has 1 aliphatic carbocycles. The van der Waals surface area contributed by atoms with E-state index in [9.17, 15) is 4.79 Å². The monoisotopic (exact) mass is 230 g/mol. The highest BCUT2D eigenvalue weighted by Crippen LogP contribution is 2.36. The molecular formula is C15H18O2. The summed E-state index contributed by atoms with van der Waals surface area (Å²) in [5.41, 5.74) is 2.78. The zero-order chi connectivity index (χ0) is 12.3. The highest BCUT2D eigenvalue weighted by Gasteiger charge is 2.19. The van der Waals surface area contributed by atoms with Crippen LogP contribution >= 0.6 is 0 Å². The third-order valence-corrected chi connectivity index (χ3v) is 3.50. The van der Waals surface area contributed by atoms with Crippen molar-refractivity contribution in [3.63, 3.8) is 0 Å². The minimum atomic E-state index is -0.841. The van der Waals surface area contributed by atoms with Crippen LogP contribution in [0.1, 0.15) is 49.7 Å². The Morgan fingerprint density at radius 3 is 2.59 bits per heavy atom. The maximum atomic E-state index is 10.9. The minimum Gasteiger partial charge on any atom is -0.478 e. The van der Waals surface area contributed by atoms with E-state index in [0.29, 0.717) is 11.5 Å². The van der Waals surface area contributed by atoms with Crippen LogP contribution in [0.5, 0.6) is 0 Å². The first-order chi connectivity index (χ1) is 8.18. The normalized spacial score (nSPS) is 17.4. The summed E-state index contributed by atoms with van der Waals surface area (Å²) in [7, 11) is 0. The third-order valence-electron chi connectivity index (χ3n) is 3.50. The van der Waals surface area contributed by atoms with E-state index in [0.717, 1.165) is 5.56 Å². The zero-order valence-corrected chi connectivity index (χ0v) is 10.1. The molecule has 0 saturated heterocycles. The Labute approximate surface area is 102 Å². The molecule has 0 bridgehead atoms. The van der Waals surface area contributed by atoms with E-state index >= 15 is 0 Å². The molecule has 0 aromatic heterocycles. The first kappa shape index (κ1) is 11.9. The molecule has 1 N–H and O–H groups in total. The lowest BCUT2D eigenvalue weighted by Crippen LogP contribution is -1.99. The fourth-order valence-electron chi connectivity index (χ4n) is 2.55. The van der Waals surface area contributed by atoms with Crippen LogP contribution < -0.4 is 0 Å². The number of carboxylic acids is 1. The van der Waals surface area contributed by atoms with Crippen molar-refractivity contribution in [2.45, 2.75) is 38.5 Å². The number of rotatable bonds is 3. The molecule has 0 spiro atoms. The summed E-state index contributed by atoms with van der Waals surface area (Å²) in [6, 6.07) is 8.16. The fourth-order valence-corrected chi connectivity index (χ4v) is 2.55. The van der Waals surface area contributed by atoms with E-state index in [-0.39, 0.29) is 0 Å². The lowest BCUT2D eigenvalue weighted by molar-refractivity contribution is -0.132. The first-order valence-corrected chi connectivity index (χ1v) is 6.19. The molecule has 2 heteroatoms. The highest BCUT2D eigenvalue weighted by atomic mass is 16.4. The Balaban J connectivity index is 2.33. The van der Waals surface area contributed by atoms with Gasteiger partial charge in [-0.25, -0.2) is 4.79 Å². The van der Waals surface area contributed by atoms with Crippen molar-refractivity contribution in [3.8, 4) is 0 Å². The summed E-state index contributed by atoms with van der Waals surface area (Å²) in [5, 5.41) is 8.93. The van der Waals surface area contributed by atoms with Gasteiger partial charge in [0.1, 0.15) is 0 Å². The lowest BCUT2D eigenvalue weighted by Gasteiger charge is -2.13. The number of hydrogen-bond acceptors (Lipinski definition) is 1. The van der Waals surface area contributed by atoms with Gasteiger partial charge in [-0.3, -0.25) is 0 Å². The molecule has 1 saturated carbocycles. The second kappa shape index (κ2) is 5.17. The van der Waals surface area contributed by atoms with Gasteiger partial charge in [0.2, 0.25) is 0 Å². The molecule has 17 heavy (non-hydrogen) atoms. The fraction of sp³-hybridized carbons (Fsp3) is 0.400. The van der Waals surface area contributed by atoms with Crippen molar-refractivity contribution in [1.29, 1.82) is 0 Å². The van der Waals surface area contributed by atoms with Crippen LogP contribution in [0.15, 0.2) is 29.8 Å². The number of benzene rings is 1. The molecule has 1 aliphatic rings. The summed E-state index contributed by atoms with van der Waals surface area (Å²) in [4.78, 5) is 10.9. The van der Waals surface area contributed by atoms with Gasteiger partial charge >= 0.3 is 5.97 Å². The summed E-state index contributed by atoms with van der Waals surface area (Å²) in [6.45, 7) is 1.65. The molecule has 0 radical (unpaired) electrons. The van der Waals surface area contributed by atoms with Crippen LogP contribution in [-0.4, -0.2) is 11.1 Å². The van der Waals surface area contributed by atoms with E-state index < -0.39 is 5.97 Å². The predicted molar refractivity (Wildman–Crippen MR) is 68.9 cm³/mol. The van der Waals surface area contributed by atoms with Crippen molar-refractivity contribution < 1.29 is 9.90 Å². The van der Waals surface area contributed by atoms with Gasteiger partial charge in [0.05, 0.1) is 0 Å². The molecule has 0 aliphatic heterocycles. The van der Waals surface area contributed by atoms with Crippen molar-refractivity contribution >= 4 is 12.0 Å². The van der Waals surface area contributed by atoms with Gasteiger partial charge in [-0.15, -0.1) is 0 Å². The summed E-state index contributed by atoms with van der Waals surface area (Å²) in [5.74, 6) is -0.227. The van der Waals surface area contributed by atoms with Crippen molar-refractivity contribution in [2.24, 2.45) is 0 Å². The van der Waals surface area contributed by atoms with Crippen LogP contribution in [-0.2, 0) is 4.79 Å².